The van der Waals surface area contributed by atoms with Crippen molar-refractivity contribution in [2.24, 2.45) is 0 Å². The summed E-state index contributed by atoms with van der Waals surface area (Å²) < 4.78 is 10.4. The largest absolute Gasteiger partial charge is 0.414 e. The maximum atomic E-state index is 13.4. The van der Waals surface area contributed by atoms with Crippen molar-refractivity contribution in [2.45, 2.75) is 105 Å². The van der Waals surface area contributed by atoms with E-state index in [1.54, 1.807) is 38.6 Å². The van der Waals surface area contributed by atoms with Crippen LogP contribution in [0.3, 0.4) is 0 Å². The quantitative estimate of drug-likeness (QED) is 0.0581. The van der Waals surface area contributed by atoms with Crippen molar-refractivity contribution < 1.29 is 19.1 Å². The Labute approximate surface area is 429 Å². The standard InChI is InChI=1S/C29H43N7O2Si.C23H29N7O2.ClH/c1-19-11-12-20-23(15-19)36(14-13-35(7)8)34-24(20)22-17-31-26-25(32-22)21(16-30-26)27(37)33-29(5,6)18-38-39(9,10)28(2,3)4;1-14-6-7-15-18(10-14)30(9-8-29(4)5)28-19(15)17-12-25-21-20(26-17)16(11-24-21)22(32)27-23(2,3)13-31;/h11-12,15-17H,13-14,18H2,1-10H3,(H,30,31)(H,33,37);6-7,10-12,31H,8-9,13H2,1-5H3,(H,24,25)(H,27,32);1H. The van der Waals surface area contributed by atoms with E-state index >= 15 is 0 Å². The number of hydrogen-bond acceptors (Lipinski definition) is 12. The van der Waals surface area contributed by atoms with Gasteiger partial charge in [-0.05, 0) is 111 Å². The Hall–Kier alpha value is -6.09. The number of amides is 2. The van der Waals surface area contributed by atoms with E-state index in [1.807, 2.05) is 37.3 Å². The molecule has 72 heavy (non-hydrogen) atoms. The van der Waals surface area contributed by atoms with Crippen molar-refractivity contribution in [1.29, 1.82) is 0 Å². The van der Waals surface area contributed by atoms with Crippen LogP contribution in [0.1, 0.15) is 80.3 Å². The molecule has 0 aliphatic rings. The molecule has 8 rings (SSSR count). The Balaban J connectivity index is 0.000000236. The van der Waals surface area contributed by atoms with E-state index in [2.05, 4.69) is 139 Å². The number of carbonyl (C=O) groups is 2. The summed E-state index contributed by atoms with van der Waals surface area (Å²) in [6.07, 6.45) is 6.66. The lowest BCUT2D eigenvalue weighted by molar-refractivity contribution is 0.0865. The van der Waals surface area contributed by atoms with Crippen molar-refractivity contribution in [3.8, 4) is 22.8 Å². The Morgan fingerprint density at radius 1 is 0.694 bits per heavy atom. The number of aromatic amines is 2. The van der Waals surface area contributed by atoms with Crippen LogP contribution in [0.5, 0.6) is 0 Å². The van der Waals surface area contributed by atoms with E-state index in [0.717, 1.165) is 64.9 Å². The summed E-state index contributed by atoms with van der Waals surface area (Å²) in [5.74, 6) is -0.535. The first kappa shape index (κ1) is 55.2. The van der Waals surface area contributed by atoms with Gasteiger partial charge in [0, 0.05) is 36.3 Å². The molecule has 20 heteroatoms. The molecule has 386 valence electrons. The number of aromatic nitrogens is 10. The summed E-state index contributed by atoms with van der Waals surface area (Å²) in [4.78, 5) is 55.3. The Morgan fingerprint density at radius 2 is 1.11 bits per heavy atom. The maximum Gasteiger partial charge on any atom is 0.255 e. The Kier molecular flexibility index (Phi) is 16.5. The zero-order chi connectivity index (χ0) is 51.8. The van der Waals surface area contributed by atoms with Gasteiger partial charge in [-0.3, -0.25) is 19.0 Å². The fraction of sp³-hybridized carbons (Fsp3) is 0.462. The molecule has 0 saturated heterocycles. The summed E-state index contributed by atoms with van der Waals surface area (Å²) in [5, 5.41) is 27.3. The molecular formula is C52H73ClN14O4Si. The minimum atomic E-state index is -1.95. The molecule has 0 saturated carbocycles. The van der Waals surface area contributed by atoms with Crippen LogP contribution in [0.15, 0.2) is 61.2 Å². The van der Waals surface area contributed by atoms with E-state index in [0.29, 0.717) is 51.4 Å². The van der Waals surface area contributed by atoms with E-state index < -0.39 is 19.4 Å². The molecule has 0 radical (unpaired) electrons. The fourth-order valence-electron chi connectivity index (χ4n) is 7.64. The predicted molar refractivity (Wildman–Crippen MR) is 292 cm³/mol. The number of hydrogen-bond donors (Lipinski definition) is 5. The highest BCUT2D eigenvalue weighted by Gasteiger charge is 2.39. The maximum absolute atomic E-state index is 13.4. The lowest BCUT2D eigenvalue weighted by atomic mass is 10.1. The van der Waals surface area contributed by atoms with E-state index in [4.69, 9.17) is 24.6 Å². The highest BCUT2D eigenvalue weighted by atomic mass is 35.5. The number of halogens is 1. The van der Waals surface area contributed by atoms with Crippen molar-refractivity contribution in [1.82, 2.24) is 69.9 Å². The minimum Gasteiger partial charge on any atom is -0.414 e. The number of aliphatic hydroxyl groups is 1. The second kappa shape index (κ2) is 21.6. The number of H-pyrrole nitrogens is 2. The van der Waals surface area contributed by atoms with Crippen LogP contribution in [-0.2, 0) is 17.5 Å². The van der Waals surface area contributed by atoms with Crippen LogP contribution in [0.25, 0.3) is 66.9 Å². The van der Waals surface area contributed by atoms with Crippen LogP contribution in [0, 0.1) is 13.8 Å². The smallest absolute Gasteiger partial charge is 0.255 e. The molecule has 0 atom stereocenters. The van der Waals surface area contributed by atoms with Gasteiger partial charge in [-0.15, -0.1) is 12.4 Å². The van der Waals surface area contributed by atoms with Gasteiger partial charge in [-0.25, -0.2) is 19.9 Å². The Morgan fingerprint density at radius 3 is 1.50 bits per heavy atom. The zero-order valence-corrected chi connectivity index (χ0v) is 46.4. The molecule has 2 amide bonds. The van der Waals surface area contributed by atoms with Gasteiger partial charge in [-0.1, -0.05) is 45.0 Å². The summed E-state index contributed by atoms with van der Waals surface area (Å²) in [6, 6.07) is 12.6. The number of carbonyl (C=O) groups excluding carboxylic acids is 2. The molecule has 6 heterocycles. The Bertz CT molecular complexity index is 3210. The third kappa shape index (κ3) is 12.4. The summed E-state index contributed by atoms with van der Waals surface area (Å²) >= 11 is 0. The van der Waals surface area contributed by atoms with Crippen molar-refractivity contribution in [3.63, 3.8) is 0 Å². The average Bonchev–Trinajstić information content (AvgIpc) is 4.09. The highest BCUT2D eigenvalue weighted by molar-refractivity contribution is 6.74. The van der Waals surface area contributed by atoms with Gasteiger partial charge in [0.2, 0.25) is 0 Å². The molecule has 2 aromatic carbocycles. The number of aliphatic hydroxyl groups excluding tert-OH is 1. The highest BCUT2D eigenvalue weighted by Crippen LogP contribution is 2.37. The molecule has 0 aliphatic carbocycles. The number of benzene rings is 2. The number of fused-ring (bicyclic) bond motifs is 4. The van der Waals surface area contributed by atoms with Gasteiger partial charge >= 0.3 is 0 Å². The lowest BCUT2D eigenvalue weighted by Crippen LogP contribution is -2.51. The van der Waals surface area contributed by atoms with Gasteiger partial charge in [0.25, 0.3) is 11.8 Å². The molecular weight excluding hydrogens is 948 g/mol. The normalized spacial score (nSPS) is 12.5. The molecule has 18 nitrogen and oxygen atoms in total. The molecule has 0 unspecified atom stereocenters. The molecule has 0 aliphatic heterocycles. The van der Waals surface area contributed by atoms with Crippen LogP contribution in [0.4, 0.5) is 0 Å². The van der Waals surface area contributed by atoms with E-state index in [1.165, 1.54) is 5.56 Å². The first-order valence-corrected chi connectivity index (χ1v) is 27.0. The van der Waals surface area contributed by atoms with Crippen LogP contribution >= 0.6 is 12.4 Å². The van der Waals surface area contributed by atoms with E-state index in [-0.39, 0.29) is 35.9 Å². The third-order valence-corrected chi connectivity index (χ3v) is 17.4. The van der Waals surface area contributed by atoms with Crippen LogP contribution < -0.4 is 10.6 Å². The second-order valence-electron chi connectivity index (χ2n) is 22.0. The lowest BCUT2D eigenvalue weighted by Gasteiger charge is -2.39. The summed E-state index contributed by atoms with van der Waals surface area (Å²) in [7, 11) is 6.23. The summed E-state index contributed by atoms with van der Waals surface area (Å²) in [6.45, 7) is 26.2. The van der Waals surface area contributed by atoms with Gasteiger partial charge in [0.05, 0.1) is 71.9 Å². The number of rotatable bonds is 16. The number of nitrogens with zero attached hydrogens (tertiary/aromatic N) is 10. The van der Waals surface area contributed by atoms with Gasteiger partial charge in [-0.2, -0.15) is 10.2 Å². The van der Waals surface area contributed by atoms with Crippen molar-refractivity contribution in [2.75, 3.05) is 54.5 Å². The SMILES string of the molecule is Cc1ccc2c(-c3cnc4[nH]cc(C(=O)NC(C)(C)CO)c4n3)nn(CCN(C)C)c2c1.Cc1ccc2c(-c3cnc4[nH]cc(C(=O)NC(C)(C)CO[Si](C)(C)C(C)(C)C)c4n3)nn(CCN(C)C)c2c1.Cl. The van der Waals surface area contributed by atoms with Crippen molar-refractivity contribution >= 4 is 76.7 Å². The molecule has 0 spiro atoms. The van der Waals surface area contributed by atoms with Crippen LogP contribution in [-0.4, -0.2) is 150 Å². The number of likely N-dealkylation sites (N-methyl/N-ethyl adjacent to an activating group) is 2. The van der Waals surface area contributed by atoms with Crippen molar-refractivity contribution in [3.05, 3.63) is 83.4 Å². The topological polar surface area (TPSA) is 213 Å². The molecule has 0 fully saturated rings. The first-order chi connectivity index (χ1) is 33.3. The summed E-state index contributed by atoms with van der Waals surface area (Å²) in [5.41, 5.74) is 8.76. The van der Waals surface area contributed by atoms with E-state index in [9.17, 15) is 14.7 Å². The third-order valence-electron chi connectivity index (χ3n) is 13.0. The van der Waals surface area contributed by atoms with Gasteiger partial charge in [0.15, 0.2) is 19.6 Å². The molecule has 6 aromatic heterocycles. The molecule has 8 aromatic rings. The first-order valence-electron chi connectivity index (χ1n) is 24.1. The minimum absolute atomic E-state index is 0. The van der Waals surface area contributed by atoms with Gasteiger partial charge < -0.3 is 39.9 Å². The monoisotopic (exact) mass is 1020 g/mol. The zero-order valence-electron chi connectivity index (χ0n) is 44.6. The van der Waals surface area contributed by atoms with Gasteiger partial charge in [0.1, 0.15) is 33.8 Å². The van der Waals surface area contributed by atoms with Crippen LogP contribution in [0.2, 0.25) is 18.1 Å². The fourth-order valence-corrected chi connectivity index (χ4v) is 8.79. The molecule has 5 N–H and O–H groups in total. The second-order valence-corrected chi connectivity index (χ2v) is 26.8. The number of aryl methyl sites for hydroxylation is 2. The average molecular weight is 1020 g/mol. The molecule has 0 bridgehead atoms. The number of nitrogens with one attached hydrogen (secondary N) is 4. The predicted octanol–water partition coefficient (Wildman–Crippen LogP) is 8.14.